The van der Waals surface area contributed by atoms with Gasteiger partial charge >= 0.3 is 0 Å². The highest BCUT2D eigenvalue weighted by atomic mass is 16.3. The van der Waals surface area contributed by atoms with Crippen molar-refractivity contribution in [2.45, 2.75) is 25.3 Å². The molecule has 2 heterocycles. The summed E-state index contributed by atoms with van der Waals surface area (Å²) in [4.78, 5) is 2.49. The van der Waals surface area contributed by atoms with Gasteiger partial charge in [0.05, 0.1) is 17.1 Å². The van der Waals surface area contributed by atoms with Gasteiger partial charge in [-0.3, -0.25) is 0 Å². The van der Waals surface area contributed by atoms with Crippen molar-refractivity contribution in [2.75, 3.05) is 4.90 Å². The summed E-state index contributed by atoms with van der Waals surface area (Å²) in [5, 5.41) is 3.40. The third-order valence-electron chi connectivity index (χ3n) is 10.3. The van der Waals surface area contributed by atoms with E-state index in [0.717, 1.165) is 74.9 Å². The maximum Gasteiger partial charge on any atom is 0.143 e. The lowest BCUT2D eigenvalue weighted by molar-refractivity contribution is 0.489. The van der Waals surface area contributed by atoms with Crippen LogP contribution in [0, 0.1) is 0 Å². The van der Waals surface area contributed by atoms with Crippen molar-refractivity contribution < 1.29 is 8.83 Å². The van der Waals surface area contributed by atoms with Gasteiger partial charge in [0.2, 0.25) is 0 Å². The zero-order valence-electron chi connectivity index (χ0n) is 27.0. The normalized spacial score (nSPS) is 15.1. The Hall–Kier alpha value is -6.06. The van der Waals surface area contributed by atoms with Crippen LogP contribution in [0.5, 0.6) is 0 Å². The molecule has 2 aromatic heterocycles. The fourth-order valence-electron chi connectivity index (χ4n) is 8.06. The minimum atomic E-state index is -0.0694. The molecule has 3 heteroatoms. The minimum absolute atomic E-state index is 0.0694. The molecule has 0 bridgehead atoms. The second kappa shape index (κ2) is 11.3. The van der Waals surface area contributed by atoms with Crippen molar-refractivity contribution >= 4 is 56.4 Å². The van der Waals surface area contributed by atoms with Crippen LogP contribution in [0.3, 0.4) is 0 Å². The molecule has 8 aromatic rings. The average Bonchev–Trinajstić information content (AvgIpc) is 3.75. The Labute approximate surface area is 285 Å². The summed E-state index contributed by atoms with van der Waals surface area (Å²) in [5.41, 5.74) is 13.6. The molecule has 2 aliphatic rings. The zero-order chi connectivity index (χ0) is 32.3. The van der Waals surface area contributed by atoms with Gasteiger partial charge in [0.1, 0.15) is 22.5 Å². The highest BCUT2D eigenvalue weighted by Gasteiger charge is 2.32. The molecule has 0 saturated carbocycles. The highest BCUT2D eigenvalue weighted by Crippen LogP contribution is 2.49. The van der Waals surface area contributed by atoms with Crippen molar-refractivity contribution in [1.29, 1.82) is 0 Å². The highest BCUT2D eigenvalue weighted by molar-refractivity contribution is 6.16. The number of nitrogens with zero attached hydrogens (tertiary/aromatic N) is 1. The van der Waals surface area contributed by atoms with Gasteiger partial charge in [0, 0.05) is 27.6 Å². The van der Waals surface area contributed by atoms with Crippen LogP contribution >= 0.6 is 0 Å². The summed E-state index contributed by atoms with van der Waals surface area (Å²) in [6.45, 7) is 0. The SMILES string of the molecule is C1=Cc2c(c(-c3ccccc3)cc3c2oc2cccc(N(c4cccc(-c5ccccc5)c4)C4CC=Cc5c4oc4ccccc54)c23)CC1. The van der Waals surface area contributed by atoms with Gasteiger partial charge in [0.15, 0.2) is 0 Å². The predicted octanol–water partition coefficient (Wildman–Crippen LogP) is 12.9. The minimum Gasteiger partial charge on any atom is -0.458 e. The number of hydrogen-bond donors (Lipinski definition) is 0. The third-order valence-corrected chi connectivity index (χ3v) is 10.3. The van der Waals surface area contributed by atoms with E-state index in [-0.39, 0.29) is 6.04 Å². The summed E-state index contributed by atoms with van der Waals surface area (Å²) < 4.78 is 13.6. The van der Waals surface area contributed by atoms with E-state index in [1.165, 1.54) is 33.4 Å². The molecule has 49 heavy (non-hydrogen) atoms. The van der Waals surface area contributed by atoms with Gasteiger partial charge in [-0.15, -0.1) is 0 Å². The molecule has 1 atom stereocenters. The maximum atomic E-state index is 6.85. The van der Waals surface area contributed by atoms with Gasteiger partial charge in [-0.2, -0.15) is 0 Å². The van der Waals surface area contributed by atoms with Gasteiger partial charge in [0.25, 0.3) is 0 Å². The predicted molar refractivity (Wildman–Crippen MR) is 203 cm³/mol. The van der Waals surface area contributed by atoms with Crippen LogP contribution in [0.4, 0.5) is 11.4 Å². The summed E-state index contributed by atoms with van der Waals surface area (Å²) >= 11 is 0. The van der Waals surface area contributed by atoms with Crippen molar-refractivity contribution in [1.82, 2.24) is 0 Å². The Morgan fingerprint density at radius 1 is 0.571 bits per heavy atom. The van der Waals surface area contributed by atoms with Crippen molar-refractivity contribution in [3.8, 4) is 22.3 Å². The van der Waals surface area contributed by atoms with E-state index >= 15 is 0 Å². The molecule has 1 unspecified atom stereocenters. The topological polar surface area (TPSA) is 29.5 Å². The summed E-state index contributed by atoms with van der Waals surface area (Å²) in [7, 11) is 0. The smallest absolute Gasteiger partial charge is 0.143 e. The van der Waals surface area contributed by atoms with Crippen molar-refractivity contribution in [2.24, 2.45) is 0 Å². The standard InChI is InChI=1S/C46H33NO2/c1-3-14-30(15-4-1)32-18-11-19-33(28-32)47(41-25-12-23-37-35-21-9-10-26-42(35)48-46(37)41)40-24-13-27-43-44(40)39-29-38(31-16-5-2-6-17-31)34-20-7-8-22-36(34)45(39)49-43/h1-6,8-19,21-24,26-29,41H,7,20,25H2. The second-order valence-corrected chi connectivity index (χ2v) is 13.1. The van der Waals surface area contributed by atoms with Gasteiger partial charge in [-0.25, -0.2) is 0 Å². The second-order valence-electron chi connectivity index (χ2n) is 13.1. The number of benzene rings is 6. The molecule has 0 N–H and O–H groups in total. The van der Waals surface area contributed by atoms with Crippen LogP contribution < -0.4 is 4.90 Å². The first-order valence-corrected chi connectivity index (χ1v) is 17.2. The number of fused-ring (bicyclic) bond motifs is 8. The van der Waals surface area contributed by atoms with Crippen LogP contribution in [0.15, 0.2) is 154 Å². The van der Waals surface area contributed by atoms with Crippen molar-refractivity contribution in [3.63, 3.8) is 0 Å². The lowest BCUT2D eigenvalue weighted by Crippen LogP contribution is -2.25. The average molecular weight is 632 g/mol. The third kappa shape index (κ3) is 4.50. The molecule has 234 valence electrons. The Balaban J connectivity index is 1.26. The maximum absolute atomic E-state index is 6.85. The molecule has 0 saturated heterocycles. The molecule has 0 amide bonds. The number of hydrogen-bond acceptors (Lipinski definition) is 3. The van der Waals surface area contributed by atoms with E-state index in [1.807, 2.05) is 0 Å². The van der Waals surface area contributed by atoms with Crippen LogP contribution in [0.1, 0.15) is 41.3 Å². The van der Waals surface area contributed by atoms with E-state index in [0.29, 0.717) is 0 Å². The number of furan rings is 2. The van der Waals surface area contributed by atoms with E-state index in [1.54, 1.807) is 0 Å². The van der Waals surface area contributed by atoms with Gasteiger partial charge in [-0.1, -0.05) is 121 Å². The summed E-state index contributed by atoms with van der Waals surface area (Å²) in [6, 6.07) is 47.5. The molecular formula is C46H33NO2. The number of rotatable bonds is 5. The van der Waals surface area contributed by atoms with Crippen LogP contribution in [-0.2, 0) is 6.42 Å². The fourth-order valence-corrected chi connectivity index (χ4v) is 8.06. The van der Waals surface area contributed by atoms with E-state index < -0.39 is 0 Å². The lowest BCUT2D eigenvalue weighted by Gasteiger charge is -2.34. The lowest BCUT2D eigenvalue weighted by atomic mass is 9.87. The summed E-state index contributed by atoms with van der Waals surface area (Å²) in [5.74, 6) is 0.990. The molecule has 10 rings (SSSR count). The molecule has 0 spiro atoms. The quantitative estimate of drug-likeness (QED) is 0.189. The van der Waals surface area contributed by atoms with Gasteiger partial charge < -0.3 is 13.7 Å². The molecule has 6 aromatic carbocycles. The van der Waals surface area contributed by atoms with E-state index in [4.69, 9.17) is 8.83 Å². The Morgan fingerprint density at radius 3 is 2.18 bits per heavy atom. The van der Waals surface area contributed by atoms with Crippen LogP contribution in [0.2, 0.25) is 0 Å². The Morgan fingerprint density at radius 2 is 1.31 bits per heavy atom. The van der Waals surface area contributed by atoms with Gasteiger partial charge in [-0.05, 0) is 83.5 Å². The fraction of sp³-hybridized carbons (Fsp3) is 0.0870. The first-order valence-electron chi connectivity index (χ1n) is 17.2. The van der Waals surface area contributed by atoms with E-state index in [9.17, 15) is 0 Å². The monoisotopic (exact) mass is 631 g/mol. The zero-order valence-corrected chi connectivity index (χ0v) is 27.0. The van der Waals surface area contributed by atoms with E-state index in [2.05, 4.69) is 163 Å². The molecule has 0 fully saturated rings. The van der Waals surface area contributed by atoms with Crippen LogP contribution in [-0.4, -0.2) is 0 Å². The first-order chi connectivity index (χ1) is 24.3. The van der Waals surface area contributed by atoms with Crippen molar-refractivity contribution in [3.05, 3.63) is 168 Å². The Bertz CT molecular complexity index is 2590. The number of para-hydroxylation sites is 1. The summed E-state index contributed by atoms with van der Waals surface area (Å²) in [6.07, 6.45) is 11.9. The molecule has 3 nitrogen and oxygen atoms in total. The molecule has 0 aliphatic heterocycles. The largest absolute Gasteiger partial charge is 0.458 e. The molecule has 0 radical (unpaired) electrons. The number of allylic oxidation sites excluding steroid dienone is 1. The molecule has 2 aliphatic carbocycles. The molecular weight excluding hydrogens is 599 g/mol. The number of anilines is 2. The van der Waals surface area contributed by atoms with Crippen LogP contribution in [0.25, 0.3) is 67.3 Å². The first kappa shape index (κ1) is 28.0. The Kier molecular flexibility index (Phi) is 6.45.